The van der Waals surface area contributed by atoms with Crippen molar-refractivity contribution in [2.75, 3.05) is 5.73 Å². The fraction of sp³-hybridized carbons (Fsp3) is 0.0769. The highest BCUT2D eigenvalue weighted by molar-refractivity contribution is 6.32. The molecule has 17 heavy (non-hydrogen) atoms. The number of halogens is 1. The van der Waals surface area contributed by atoms with Crippen molar-refractivity contribution in [1.29, 1.82) is 0 Å². The van der Waals surface area contributed by atoms with Crippen molar-refractivity contribution >= 4 is 28.7 Å². The maximum Gasteiger partial charge on any atom is 0.104 e. The zero-order valence-electron chi connectivity index (χ0n) is 9.39. The minimum atomic E-state index is 0.587. The number of nitrogens with zero attached hydrogens (tertiary/aromatic N) is 2. The highest BCUT2D eigenvalue weighted by Gasteiger charge is 1.99. The van der Waals surface area contributed by atoms with Crippen molar-refractivity contribution in [1.82, 2.24) is 0 Å². The molecule has 0 spiro atoms. The van der Waals surface area contributed by atoms with Gasteiger partial charge in [0.2, 0.25) is 0 Å². The van der Waals surface area contributed by atoms with Gasteiger partial charge in [0.05, 0.1) is 10.7 Å². The molecule has 0 heterocycles. The second-order valence-corrected chi connectivity index (χ2v) is 4.10. The quantitative estimate of drug-likeness (QED) is 0.608. The van der Waals surface area contributed by atoms with Crippen molar-refractivity contribution in [2.45, 2.75) is 6.92 Å². The molecule has 2 rings (SSSR count). The van der Waals surface area contributed by atoms with Crippen LogP contribution in [-0.4, -0.2) is 0 Å². The first-order chi connectivity index (χ1) is 8.16. The molecule has 0 unspecified atom stereocenters. The van der Waals surface area contributed by atoms with E-state index < -0.39 is 0 Å². The lowest BCUT2D eigenvalue weighted by Crippen LogP contribution is -1.84. The van der Waals surface area contributed by atoms with Gasteiger partial charge in [0, 0.05) is 5.69 Å². The standard InChI is InChI=1S/C13H12ClN3/c1-9-8-10(15)6-7-12(9)16-17-13-5-3-2-4-11(13)14/h2-8H,15H2,1H3. The molecule has 0 radical (unpaired) electrons. The van der Waals surface area contributed by atoms with Crippen LogP contribution in [0.2, 0.25) is 5.02 Å². The van der Waals surface area contributed by atoms with Crippen molar-refractivity contribution in [3.05, 3.63) is 53.1 Å². The Bertz CT molecular complexity index is 564. The maximum absolute atomic E-state index is 5.98. The van der Waals surface area contributed by atoms with Crippen LogP contribution in [0.5, 0.6) is 0 Å². The van der Waals surface area contributed by atoms with Crippen molar-refractivity contribution in [3.8, 4) is 0 Å². The van der Waals surface area contributed by atoms with Gasteiger partial charge >= 0.3 is 0 Å². The third-order valence-electron chi connectivity index (χ3n) is 2.34. The van der Waals surface area contributed by atoms with E-state index in [0.717, 1.165) is 16.9 Å². The first-order valence-corrected chi connectivity index (χ1v) is 5.57. The summed E-state index contributed by atoms with van der Waals surface area (Å²) in [6.45, 7) is 1.94. The highest BCUT2D eigenvalue weighted by Crippen LogP contribution is 2.27. The Morgan fingerprint density at radius 3 is 2.41 bits per heavy atom. The molecule has 0 saturated heterocycles. The minimum absolute atomic E-state index is 0.587. The molecule has 0 aromatic heterocycles. The Balaban J connectivity index is 2.29. The van der Waals surface area contributed by atoms with Gasteiger partial charge in [0.15, 0.2) is 0 Å². The predicted molar refractivity (Wildman–Crippen MR) is 71.2 cm³/mol. The molecule has 0 aliphatic heterocycles. The first-order valence-electron chi connectivity index (χ1n) is 5.19. The molecule has 2 N–H and O–H groups in total. The maximum atomic E-state index is 5.98. The number of aryl methyl sites for hydroxylation is 1. The van der Waals surface area contributed by atoms with E-state index in [9.17, 15) is 0 Å². The Hall–Kier alpha value is -1.87. The van der Waals surface area contributed by atoms with Gasteiger partial charge in [-0.3, -0.25) is 0 Å². The monoisotopic (exact) mass is 245 g/mol. The predicted octanol–water partition coefficient (Wildman–Crippen LogP) is 4.65. The summed E-state index contributed by atoms with van der Waals surface area (Å²) in [6, 6.07) is 12.8. The number of nitrogen functional groups attached to an aromatic ring is 1. The van der Waals surface area contributed by atoms with Crippen molar-refractivity contribution in [3.63, 3.8) is 0 Å². The van der Waals surface area contributed by atoms with E-state index in [1.54, 1.807) is 12.1 Å². The van der Waals surface area contributed by atoms with E-state index in [1.807, 2.05) is 37.3 Å². The largest absolute Gasteiger partial charge is 0.399 e. The van der Waals surface area contributed by atoms with Crippen LogP contribution in [0, 0.1) is 6.92 Å². The molecule has 0 aliphatic carbocycles. The van der Waals surface area contributed by atoms with E-state index in [-0.39, 0.29) is 0 Å². The average molecular weight is 246 g/mol. The highest BCUT2D eigenvalue weighted by atomic mass is 35.5. The van der Waals surface area contributed by atoms with E-state index in [2.05, 4.69) is 10.2 Å². The van der Waals surface area contributed by atoms with E-state index >= 15 is 0 Å². The average Bonchev–Trinajstić information content (AvgIpc) is 2.30. The molecule has 86 valence electrons. The molecule has 0 aliphatic rings. The van der Waals surface area contributed by atoms with Crippen LogP contribution in [0.15, 0.2) is 52.7 Å². The third-order valence-corrected chi connectivity index (χ3v) is 2.66. The number of nitrogens with two attached hydrogens (primary N) is 1. The summed E-state index contributed by atoms with van der Waals surface area (Å²) in [6.07, 6.45) is 0. The van der Waals surface area contributed by atoms with E-state index in [1.165, 1.54) is 0 Å². The van der Waals surface area contributed by atoms with Gasteiger partial charge in [-0.1, -0.05) is 23.7 Å². The Kier molecular flexibility index (Phi) is 3.40. The molecule has 2 aromatic rings. The molecule has 2 aromatic carbocycles. The second-order valence-electron chi connectivity index (χ2n) is 3.70. The van der Waals surface area contributed by atoms with Crippen LogP contribution in [0.1, 0.15) is 5.56 Å². The summed E-state index contributed by atoms with van der Waals surface area (Å²) in [5.41, 5.74) is 8.82. The van der Waals surface area contributed by atoms with Crippen LogP contribution in [0.25, 0.3) is 0 Å². The molecule has 0 amide bonds. The van der Waals surface area contributed by atoms with Crippen LogP contribution in [0.4, 0.5) is 17.1 Å². The normalized spacial score (nSPS) is 10.9. The molecule has 0 fully saturated rings. The fourth-order valence-corrected chi connectivity index (χ4v) is 1.60. The lowest BCUT2D eigenvalue weighted by molar-refractivity contribution is 1.21. The lowest BCUT2D eigenvalue weighted by atomic mass is 10.2. The van der Waals surface area contributed by atoms with Gasteiger partial charge in [0.25, 0.3) is 0 Å². The Morgan fingerprint density at radius 1 is 1.00 bits per heavy atom. The molecule has 0 atom stereocenters. The second kappa shape index (κ2) is 4.97. The number of rotatable bonds is 2. The summed E-state index contributed by atoms with van der Waals surface area (Å²) in [7, 11) is 0. The lowest BCUT2D eigenvalue weighted by Gasteiger charge is -2.00. The molecule has 0 saturated carbocycles. The minimum Gasteiger partial charge on any atom is -0.399 e. The number of hydrogen-bond donors (Lipinski definition) is 1. The van der Waals surface area contributed by atoms with Crippen LogP contribution < -0.4 is 5.73 Å². The Labute approximate surface area is 105 Å². The van der Waals surface area contributed by atoms with Crippen LogP contribution >= 0.6 is 11.6 Å². The zero-order valence-corrected chi connectivity index (χ0v) is 10.1. The van der Waals surface area contributed by atoms with Gasteiger partial charge in [-0.2, -0.15) is 5.11 Å². The van der Waals surface area contributed by atoms with Gasteiger partial charge in [-0.05, 0) is 42.8 Å². The molecular formula is C13H12ClN3. The SMILES string of the molecule is Cc1cc(N)ccc1N=Nc1ccccc1Cl. The number of anilines is 1. The fourth-order valence-electron chi connectivity index (χ4n) is 1.43. The summed E-state index contributed by atoms with van der Waals surface area (Å²) in [4.78, 5) is 0. The molecule has 3 nitrogen and oxygen atoms in total. The molecular weight excluding hydrogens is 234 g/mol. The van der Waals surface area contributed by atoms with Gasteiger partial charge in [-0.25, -0.2) is 0 Å². The number of azo groups is 1. The summed E-state index contributed by atoms with van der Waals surface area (Å²) in [5.74, 6) is 0. The zero-order chi connectivity index (χ0) is 12.3. The van der Waals surface area contributed by atoms with E-state index in [4.69, 9.17) is 17.3 Å². The smallest absolute Gasteiger partial charge is 0.104 e. The Morgan fingerprint density at radius 2 is 1.71 bits per heavy atom. The van der Waals surface area contributed by atoms with Gasteiger partial charge in [0.1, 0.15) is 5.69 Å². The summed E-state index contributed by atoms with van der Waals surface area (Å²) in [5, 5.41) is 8.87. The number of benzene rings is 2. The van der Waals surface area contributed by atoms with Gasteiger partial charge in [-0.15, -0.1) is 5.11 Å². The van der Waals surface area contributed by atoms with Crippen molar-refractivity contribution in [2.24, 2.45) is 10.2 Å². The van der Waals surface area contributed by atoms with Crippen LogP contribution in [-0.2, 0) is 0 Å². The summed E-state index contributed by atoms with van der Waals surface area (Å²) < 4.78 is 0. The topological polar surface area (TPSA) is 50.7 Å². The summed E-state index contributed by atoms with van der Waals surface area (Å²) >= 11 is 5.98. The van der Waals surface area contributed by atoms with Gasteiger partial charge < -0.3 is 5.73 Å². The van der Waals surface area contributed by atoms with Crippen molar-refractivity contribution < 1.29 is 0 Å². The van der Waals surface area contributed by atoms with E-state index in [0.29, 0.717) is 10.7 Å². The third kappa shape index (κ3) is 2.82. The van der Waals surface area contributed by atoms with Crippen LogP contribution in [0.3, 0.4) is 0 Å². The number of hydrogen-bond acceptors (Lipinski definition) is 3. The first kappa shape index (κ1) is 11.6. The molecule has 4 heteroatoms. The molecule has 0 bridgehead atoms.